The second-order valence-corrected chi connectivity index (χ2v) is 5.76. The molecule has 126 valence electrons. The Hall–Kier alpha value is -2.69. The second kappa shape index (κ2) is 6.83. The summed E-state index contributed by atoms with van der Waals surface area (Å²) in [6.07, 6.45) is 0.100. The van der Waals surface area contributed by atoms with Crippen LogP contribution in [0.3, 0.4) is 0 Å². The summed E-state index contributed by atoms with van der Waals surface area (Å²) in [7, 11) is 3.21. The molecule has 1 aliphatic rings. The van der Waals surface area contributed by atoms with Crippen molar-refractivity contribution in [1.29, 1.82) is 0 Å². The lowest BCUT2D eigenvalue weighted by atomic mass is 10.1. The van der Waals surface area contributed by atoms with Gasteiger partial charge in [0.05, 0.1) is 20.3 Å². The maximum absolute atomic E-state index is 12.5. The van der Waals surface area contributed by atoms with E-state index in [4.69, 9.17) is 14.2 Å². The molecular weight excluding hydrogens is 306 g/mol. The van der Waals surface area contributed by atoms with Gasteiger partial charge in [0.1, 0.15) is 17.2 Å². The highest BCUT2D eigenvalue weighted by Gasteiger charge is 2.30. The summed E-state index contributed by atoms with van der Waals surface area (Å²) in [6.45, 7) is 1.92. The molecule has 0 bridgehead atoms. The van der Waals surface area contributed by atoms with E-state index in [1.807, 2.05) is 43.3 Å². The molecule has 24 heavy (non-hydrogen) atoms. The maximum Gasteiger partial charge on any atom is 0.261 e. The second-order valence-electron chi connectivity index (χ2n) is 5.76. The minimum atomic E-state index is -0.492. The Labute approximate surface area is 141 Å². The van der Waals surface area contributed by atoms with Gasteiger partial charge in [0, 0.05) is 18.1 Å². The van der Waals surface area contributed by atoms with E-state index in [9.17, 15) is 4.79 Å². The maximum atomic E-state index is 12.5. The molecule has 2 unspecified atom stereocenters. The lowest BCUT2D eigenvalue weighted by Gasteiger charge is -2.20. The summed E-state index contributed by atoms with van der Waals surface area (Å²) in [6, 6.07) is 13.1. The first-order valence-electron chi connectivity index (χ1n) is 7.89. The Kier molecular flexibility index (Phi) is 4.60. The van der Waals surface area contributed by atoms with Crippen LogP contribution in [0, 0.1) is 0 Å². The molecule has 0 fully saturated rings. The summed E-state index contributed by atoms with van der Waals surface area (Å²) >= 11 is 0. The van der Waals surface area contributed by atoms with Gasteiger partial charge in [-0.3, -0.25) is 4.79 Å². The minimum absolute atomic E-state index is 0.128. The van der Waals surface area contributed by atoms with Gasteiger partial charge in [-0.2, -0.15) is 0 Å². The normalized spacial score (nSPS) is 16.7. The van der Waals surface area contributed by atoms with E-state index in [0.717, 1.165) is 16.9 Å². The van der Waals surface area contributed by atoms with Crippen LogP contribution in [0.4, 0.5) is 0 Å². The number of carbonyl (C=O) groups is 1. The number of fused-ring (bicyclic) bond motifs is 1. The summed E-state index contributed by atoms with van der Waals surface area (Å²) in [4.78, 5) is 12.5. The fraction of sp³-hybridized carbons (Fsp3) is 0.316. The molecule has 0 aliphatic carbocycles. The molecule has 5 heteroatoms. The highest BCUT2D eigenvalue weighted by atomic mass is 16.5. The van der Waals surface area contributed by atoms with Gasteiger partial charge in [-0.25, -0.2) is 0 Å². The number of amides is 1. The predicted molar refractivity (Wildman–Crippen MR) is 90.7 cm³/mol. The summed E-state index contributed by atoms with van der Waals surface area (Å²) in [5.41, 5.74) is 1.95. The van der Waals surface area contributed by atoms with Crippen molar-refractivity contribution < 1.29 is 19.0 Å². The number of ether oxygens (including phenoxy) is 3. The number of benzene rings is 2. The number of methoxy groups -OCH3 is 2. The van der Waals surface area contributed by atoms with Crippen molar-refractivity contribution >= 4 is 5.91 Å². The van der Waals surface area contributed by atoms with E-state index in [0.29, 0.717) is 17.9 Å². The van der Waals surface area contributed by atoms with Gasteiger partial charge in [-0.1, -0.05) is 18.2 Å². The molecule has 0 saturated heterocycles. The quantitative estimate of drug-likeness (QED) is 0.917. The molecule has 2 aromatic rings. The van der Waals surface area contributed by atoms with Gasteiger partial charge in [0.2, 0.25) is 0 Å². The monoisotopic (exact) mass is 327 g/mol. The van der Waals surface area contributed by atoms with Crippen molar-refractivity contribution in [3.05, 3.63) is 53.6 Å². The summed E-state index contributed by atoms with van der Waals surface area (Å²) in [5.74, 6) is 2.05. The van der Waals surface area contributed by atoms with Crippen molar-refractivity contribution in [3.63, 3.8) is 0 Å². The largest absolute Gasteiger partial charge is 0.497 e. The lowest BCUT2D eigenvalue weighted by Crippen LogP contribution is -2.38. The smallest absolute Gasteiger partial charge is 0.261 e. The molecule has 3 rings (SSSR count). The van der Waals surface area contributed by atoms with Gasteiger partial charge in [-0.05, 0) is 30.7 Å². The lowest BCUT2D eigenvalue weighted by molar-refractivity contribution is -0.127. The molecular formula is C19H21NO4. The Morgan fingerprint density at radius 2 is 2.00 bits per heavy atom. The molecule has 0 radical (unpaired) electrons. The highest BCUT2D eigenvalue weighted by Crippen LogP contribution is 2.31. The molecule has 0 aromatic heterocycles. The van der Waals surface area contributed by atoms with E-state index in [-0.39, 0.29) is 11.9 Å². The average molecular weight is 327 g/mol. The fourth-order valence-corrected chi connectivity index (χ4v) is 2.89. The molecule has 0 saturated carbocycles. The van der Waals surface area contributed by atoms with Crippen LogP contribution in [-0.4, -0.2) is 26.2 Å². The molecule has 1 aliphatic heterocycles. The van der Waals surface area contributed by atoms with E-state index < -0.39 is 6.10 Å². The zero-order valence-corrected chi connectivity index (χ0v) is 14.0. The summed E-state index contributed by atoms with van der Waals surface area (Å²) < 4.78 is 16.3. The van der Waals surface area contributed by atoms with E-state index in [2.05, 4.69) is 5.32 Å². The van der Waals surface area contributed by atoms with Gasteiger partial charge in [0.25, 0.3) is 5.91 Å². The molecule has 2 atom stereocenters. The van der Waals surface area contributed by atoms with Crippen molar-refractivity contribution in [3.8, 4) is 17.2 Å². The predicted octanol–water partition coefficient (Wildman–Crippen LogP) is 2.88. The average Bonchev–Trinajstić information content (AvgIpc) is 3.05. The first kappa shape index (κ1) is 16.2. The number of hydrogen-bond donors (Lipinski definition) is 1. The number of para-hydroxylation sites is 1. The minimum Gasteiger partial charge on any atom is -0.497 e. The van der Waals surface area contributed by atoms with Crippen LogP contribution >= 0.6 is 0 Å². The van der Waals surface area contributed by atoms with Crippen LogP contribution in [0.25, 0.3) is 0 Å². The summed E-state index contributed by atoms with van der Waals surface area (Å²) in [5, 5.41) is 3.00. The number of nitrogens with one attached hydrogen (secondary N) is 1. The van der Waals surface area contributed by atoms with Crippen molar-refractivity contribution in [2.45, 2.75) is 25.5 Å². The zero-order chi connectivity index (χ0) is 17.1. The van der Waals surface area contributed by atoms with Crippen LogP contribution < -0.4 is 19.5 Å². The number of carbonyl (C=O) groups excluding carboxylic acids is 1. The Balaban J connectivity index is 1.69. The van der Waals surface area contributed by atoms with E-state index in [1.165, 1.54) is 0 Å². The Bertz CT molecular complexity index is 719. The SMILES string of the molecule is COc1ccc(C(C)NC(=O)C2Cc3ccccc3O2)c(OC)c1. The first-order valence-corrected chi connectivity index (χ1v) is 7.89. The first-order chi connectivity index (χ1) is 11.6. The molecule has 0 spiro atoms. The van der Waals surface area contributed by atoms with Crippen LogP contribution in [0.5, 0.6) is 17.2 Å². The zero-order valence-electron chi connectivity index (χ0n) is 14.0. The molecule has 1 amide bonds. The number of hydrogen-bond acceptors (Lipinski definition) is 4. The van der Waals surface area contributed by atoms with Gasteiger partial charge < -0.3 is 19.5 Å². The Morgan fingerprint density at radius 1 is 1.21 bits per heavy atom. The number of rotatable bonds is 5. The fourth-order valence-electron chi connectivity index (χ4n) is 2.89. The topological polar surface area (TPSA) is 56.8 Å². The molecule has 5 nitrogen and oxygen atoms in total. The van der Waals surface area contributed by atoms with E-state index in [1.54, 1.807) is 20.3 Å². The van der Waals surface area contributed by atoms with Gasteiger partial charge in [-0.15, -0.1) is 0 Å². The van der Waals surface area contributed by atoms with Crippen molar-refractivity contribution in [2.75, 3.05) is 14.2 Å². The van der Waals surface area contributed by atoms with E-state index >= 15 is 0 Å². The Morgan fingerprint density at radius 3 is 2.71 bits per heavy atom. The van der Waals surface area contributed by atoms with Gasteiger partial charge >= 0.3 is 0 Å². The van der Waals surface area contributed by atoms with Crippen molar-refractivity contribution in [1.82, 2.24) is 5.32 Å². The van der Waals surface area contributed by atoms with Gasteiger partial charge in [0.15, 0.2) is 6.10 Å². The molecule has 2 aromatic carbocycles. The van der Waals surface area contributed by atoms with Crippen LogP contribution in [0.15, 0.2) is 42.5 Å². The van der Waals surface area contributed by atoms with Crippen molar-refractivity contribution in [2.24, 2.45) is 0 Å². The third kappa shape index (κ3) is 3.15. The van der Waals surface area contributed by atoms with Crippen LogP contribution in [0.1, 0.15) is 24.1 Å². The third-order valence-corrected chi connectivity index (χ3v) is 4.21. The highest BCUT2D eigenvalue weighted by molar-refractivity contribution is 5.83. The molecule has 1 N–H and O–H groups in total. The standard InChI is InChI=1S/C19H21NO4/c1-12(15-9-8-14(22-2)11-17(15)23-3)20-19(21)18-10-13-6-4-5-7-16(13)24-18/h4-9,11-12,18H,10H2,1-3H3,(H,20,21). The van der Waals surface area contributed by atoms with Crippen LogP contribution in [-0.2, 0) is 11.2 Å². The molecule has 1 heterocycles. The third-order valence-electron chi connectivity index (χ3n) is 4.21. The van der Waals surface area contributed by atoms with Crippen LogP contribution in [0.2, 0.25) is 0 Å².